The van der Waals surface area contributed by atoms with Crippen LogP contribution in [0.1, 0.15) is 20.7 Å². The maximum absolute atomic E-state index is 11.9. The monoisotopic (exact) mass is 351 g/mol. The summed E-state index contributed by atoms with van der Waals surface area (Å²) < 4.78 is 18.3. The minimum absolute atomic E-state index is 0.0230. The largest absolute Gasteiger partial charge is 0.466 e. The van der Waals surface area contributed by atoms with Gasteiger partial charge in [0.2, 0.25) is 0 Å². The fraction of sp³-hybridized carbons (Fsp3) is 0.250. The average Bonchev–Trinajstić information content (AvgIpc) is 2.65. The molecule has 25 heavy (non-hydrogen) atoms. The lowest BCUT2D eigenvalue weighted by molar-refractivity contribution is -0.138. The Labute approximate surface area is 143 Å². The number of rotatable bonds is 6. The second-order valence-corrected chi connectivity index (χ2v) is 4.44. The number of esters is 4. The standard InChI is InChI=1S/C16H17NO8/c1-22-13(18)8-12(16(21)25-4)17-11-7-9(14(19)23-2)5-6-10(11)15(20)24-3/h5-8,17H,1-4H3/b12-8+. The van der Waals surface area contributed by atoms with Crippen LogP contribution in [0.25, 0.3) is 0 Å². The van der Waals surface area contributed by atoms with Crippen molar-refractivity contribution >= 4 is 29.6 Å². The number of hydrogen-bond acceptors (Lipinski definition) is 9. The van der Waals surface area contributed by atoms with Gasteiger partial charge in [-0.15, -0.1) is 0 Å². The van der Waals surface area contributed by atoms with E-state index in [0.29, 0.717) is 0 Å². The van der Waals surface area contributed by atoms with Gasteiger partial charge in [0.25, 0.3) is 0 Å². The van der Waals surface area contributed by atoms with Gasteiger partial charge in [-0.25, -0.2) is 19.2 Å². The third kappa shape index (κ3) is 5.06. The Kier molecular flexibility index (Phi) is 7.14. The molecule has 1 rings (SSSR count). The van der Waals surface area contributed by atoms with Crippen LogP contribution in [0, 0.1) is 0 Å². The number of anilines is 1. The zero-order chi connectivity index (χ0) is 19.0. The first kappa shape index (κ1) is 19.7. The number of hydrogen-bond donors (Lipinski definition) is 1. The lowest BCUT2D eigenvalue weighted by atomic mass is 10.1. The number of ether oxygens (including phenoxy) is 4. The van der Waals surface area contributed by atoms with Gasteiger partial charge in [0.15, 0.2) is 0 Å². The molecule has 0 fully saturated rings. The summed E-state index contributed by atoms with van der Waals surface area (Å²) in [5.74, 6) is -3.08. The van der Waals surface area contributed by atoms with E-state index in [1.165, 1.54) is 32.4 Å². The van der Waals surface area contributed by atoms with Gasteiger partial charge in [-0.1, -0.05) is 0 Å². The Hall–Kier alpha value is -3.36. The first-order chi connectivity index (χ1) is 11.9. The Morgan fingerprint density at radius 2 is 1.52 bits per heavy atom. The molecule has 134 valence electrons. The minimum atomic E-state index is -0.885. The molecule has 0 atom stereocenters. The maximum Gasteiger partial charge on any atom is 0.354 e. The second kappa shape index (κ2) is 9.06. The van der Waals surface area contributed by atoms with E-state index in [0.717, 1.165) is 20.3 Å². The molecule has 0 unspecified atom stereocenters. The van der Waals surface area contributed by atoms with Crippen molar-refractivity contribution in [3.63, 3.8) is 0 Å². The molecule has 0 saturated heterocycles. The lowest BCUT2D eigenvalue weighted by Gasteiger charge is -2.13. The first-order valence-electron chi connectivity index (χ1n) is 6.83. The minimum Gasteiger partial charge on any atom is -0.466 e. The first-order valence-corrected chi connectivity index (χ1v) is 6.83. The molecule has 9 nitrogen and oxygen atoms in total. The second-order valence-electron chi connectivity index (χ2n) is 4.44. The van der Waals surface area contributed by atoms with Crippen molar-refractivity contribution in [1.82, 2.24) is 0 Å². The van der Waals surface area contributed by atoms with E-state index in [9.17, 15) is 19.2 Å². The summed E-state index contributed by atoms with van der Waals surface area (Å²) in [5, 5.41) is 2.58. The molecule has 1 aromatic rings. The summed E-state index contributed by atoms with van der Waals surface area (Å²) in [6, 6.07) is 3.94. The van der Waals surface area contributed by atoms with Gasteiger partial charge in [-0.05, 0) is 18.2 Å². The molecule has 0 heterocycles. The summed E-state index contributed by atoms with van der Waals surface area (Å²) >= 11 is 0. The Morgan fingerprint density at radius 3 is 2.04 bits per heavy atom. The highest BCUT2D eigenvalue weighted by molar-refractivity contribution is 6.03. The topological polar surface area (TPSA) is 117 Å². The van der Waals surface area contributed by atoms with Crippen LogP contribution in [0.2, 0.25) is 0 Å². The molecule has 0 aromatic heterocycles. The van der Waals surface area contributed by atoms with Gasteiger partial charge in [0.05, 0.1) is 51.3 Å². The van der Waals surface area contributed by atoms with Crippen LogP contribution < -0.4 is 5.32 Å². The highest BCUT2D eigenvalue weighted by atomic mass is 16.5. The van der Waals surface area contributed by atoms with Crippen molar-refractivity contribution in [2.75, 3.05) is 33.8 Å². The number of benzene rings is 1. The number of carbonyl (C=O) groups is 4. The summed E-state index contributed by atoms with van der Waals surface area (Å²) in [6.07, 6.45) is 0.845. The molecule has 0 saturated carbocycles. The number of carbonyl (C=O) groups excluding carboxylic acids is 4. The van der Waals surface area contributed by atoms with E-state index in [1.54, 1.807) is 0 Å². The Bertz CT molecular complexity index is 723. The molecule has 0 amide bonds. The van der Waals surface area contributed by atoms with E-state index in [-0.39, 0.29) is 22.5 Å². The number of methoxy groups -OCH3 is 4. The van der Waals surface area contributed by atoms with E-state index in [1.807, 2.05) is 0 Å². The molecule has 0 bridgehead atoms. The predicted octanol–water partition coefficient (Wildman–Crippen LogP) is 0.902. The molecule has 9 heteroatoms. The molecule has 0 radical (unpaired) electrons. The molecular weight excluding hydrogens is 334 g/mol. The van der Waals surface area contributed by atoms with Crippen LogP contribution in [0.4, 0.5) is 5.69 Å². The van der Waals surface area contributed by atoms with Gasteiger partial charge in [0.1, 0.15) is 5.70 Å². The SMILES string of the molecule is COC(=O)/C=C(/Nc1cc(C(=O)OC)ccc1C(=O)OC)C(=O)OC. The van der Waals surface area contributed by atoms with Gasteiger partial charge in [-0.2, -0.15) is 0 Å². The summed E-state index contributed by atoms with van der Waals surface area (Å²) in [6.45, 7) is 0. The van der Waals surface area contributed by atoms with Gasteiger partial charge in [-0.3, -0.25) is 0 Å². The number of nitrogens with one attached hydrogen (secondary N) is 1. The Balaban J connectivity index is 3.41. The van der Waals surface area contributed by atoms with Crippen LogP contribution in [0.3, 0.4) is 0 Å². The fourth-order valence-electron chi connectivity index (χ4n) is 1.76. The third-order valence-corrected chi connectivity index (χ3v) is 2.98. The summed E-state index contributed by atoms with van der Waals surface area (Å²) in [4.78, 5) is 46.8. The fourth-order valence-corrected chi connectivity index (χ4v) is 1.76. The summed E-state index contributed by atoms with van der Waals surface area (Å²) in [5.41, 5.74) is -0.133. The zero-order valence-corrected chi connectivity index (χ0v) is 14.1. The van der Waals surface area contributed by atoms with E-state index in [2.05, 4.69) is 24.3 Å². The smallest absolute Gasteiger partial charge is 0.354 e. The van der Waals surface area contributed by atoms with Gasteiger partial charge < -0.3 is 24.3 Å². The van der Waals surface area contributed by atoms with Crippen LogP contribution >= 0.6 is 0 Å². The van der Waals surface area contributed by atoms with E-state index >= 15 is 0 Å². The van der Waals surface area contributed by atoms with Crippen LogP contribution in [-0.4, -0.2) is 52.3 Å². The van der Waals surface area contributed by atoms with Crippen LogP contribution in [0.15, 0.2) is 30.0 Å². The molecule has 0 aliphatic carbocycles. The van der Waals surface area contributed by atoms with Crippen molar-refractivity contribution in [3.8, 4) is 0 Å². The van der Waals surface area contributed by atoms with Gasteiger partial charge in [0, 0.05) is 0 Å². The molecule has 0 spiro atoms. The molecule has 1 aromatic carbocycles. The van der Waals surface area contributed by atoms with Crippen molar-refractivity contribution in [2.24, 2.45) is 0 Å². The van der Waals surface area contributed by atoms with Gasteiger partial charge >= 0.3 is 23.9 Å². The van der Waals surface area contributed by atoms with Crippen molar-refractivity contribution in [1.29, 1.82) is 0 Å². The normalized spacial score (nSPS) is 10.5. The zero-order valence-electron chi connectivity index (χ0n) is 14.1. The maximum atomic E-state index is 11.9. The van der Waals surface area contributed by atoms with Crippen LogP contribution in [-0.2, 0) is 28.5 Å². The summed E-state index contributed by atoms with van der Waals surface area (Å²) in [7, 11) is 4.61. The predicted molar refractivity (Wildman–Crippen MR) is 84.9 cm³/mol. The quantitative estimate of drug-likeness (QED) is 0.453. The highest BCUT2D eigenvalue weighted by Crippen LogP contribution is 2.22. The highest BCUT2D eigenvalue weighted by Gasteiger charge is 2.19. The molecule has 0 aliphatic heterocycles. The van der Waals surface area contributed by atoms with E-state index < -0.39 is 23.9 Å². The van der Waals surface area contributed by atoms with Crippen molar-refractivity contribution in [2.45, 2.75) is 0 Å². The molecule has 1 N–H and O–H groups in total. The molecular formula is C16H17NO8. The molecule has 0 aliphatic rings. The lowest BCUT2D eigenvalue weighted by Crippen LogP contribution is -2.18. The van der Waals surface area contributed by atoms with E-state index in [4.69, 9.17) is 0 Å². The Morgan fingerprint density at radius 1 is 0.880 bits per heavy atom. The third-order valence-electron chi connectivity index (χ3n) is 2.98. The average molecular weight is 351 g/mol. The van der Waals surface area contributed by atoms with Crippen molar-refractivity contribution < 1.29 is 38.1 Å². The van der Waals surface area contributed by atoms with Crippen molar-refractivity contribution in [3.05, 3.63) is 41.1 Å². The van der Waals surface area contributed by atoms with Crippen LogP contribution in [0.5, 0.6) is 0 Å².